The molecule has 2 heterocycles. The number of carbonyl (C=O) groups excluding carboxylic acids is 2. The highest BCUT2D eigenvalue weighted by molar-refractivity contribution is 8.21. The molecule has 2 aromatic rings. The SMILES string of the molecule is CC(O)(COC(=O)C1SCCS1)COc1ccc(C(C)(C)c2ccc(OCC(C)(O)COC(=O)C3SCCS3)cc2)cc1. The first-order chi connectivity index (χ1) is 20.3. The smallest absolute Gasteiger partial charge is 0.329 e. The first-order valence-electron chi connectivity index (χ1n) is 14.1. The summed E-state index contributed by atoms with van der Waals surface area (Å²) in [6, 6.07) is 15.4. The van der Waals surface area contributed by atoms with Crippen molar-refractivity contribution in [2.75, 3.05) is 49.4 Å². The number of ether oxygens (including phenoxy) is 4. The van der Waals surface area contributed by atoms with Gasteiger partial charge >= 0.3 is 11.9 Å². The second kappa shape index (κ2) is 15.1. The largest absolute Gasteiger partial charge is 0.490 e. The Bertz CT molecular complexity index is 1110. The van der Waals surface area contributed by atoms with Gasteiger partial charge in [-0.3, -0.25) is 0 Å². The molecule has 0 aromatic heterocycles. The van der Waals surface area contributed by atoms with Gasteiger partial charge in [0.25, 0.3) is 0 Å². The molecule has 2 aliphatic heterocycles. The highest BCUT2D eigenvalue weighted by atomic mass is 32.2. The van der Waals surface area contributed by atoms with Crippen molar-refractivity contribution >= 4 is 59.0 Å². The lowest BCUT2D eigenvalue weighted by Crippen LogP contribution is -2.39. The molecule has 4 rings (SSSR count). The van der Waals surface area contributed by atoms with Crippen molar-refractivity contribution in [2.45, 2.75) is 53.5 Å². The van der Waals surface area contributed by atoms with Crippen LogP contribution in [0.15, 0.2) is 48.5 Å². The topological polar surface area (TPSA) is 112 Å². The summed E-state index contributed by atoms with van der Waals surface area (Å²) in [7, 11) is 0. The van der Waals surface area contributed by atoms with Gasteiger partial charge in [0.05, 0.1) is 0 Å². The fourth-order valence-electron chi connectivity index (χ4n) is 4.24. The quantitative estimate of drug-likeness (QED) is 0.265. The van der Waals surface area contributed by atoms with Crippen molar-refractivity contribution in [2.24, 2.45) is 0 Å². The molecule has 2 aromatic carbocycles. The standard InChI is InChI=1S/C31H40O8S4/c1-29(2,21-5-9-23(10-6-21)36-17-30(3,34)19-38-25(32)27-40-13-14-41-27)22-7-11-24(12-8-22)37-18-31(4,35)20-39-26(33)28-42-15-16-43-28/h5-12,27-28,34-35H,13-20H2,1-4H3. The molecule has 8 nitrogen and oxygen atoms in total. The lowest BCUT2D eigenvalue weighted by atomic mass is 9.78. The normalized spacial score (nSPS) is 18.9. The third kappa shape index (κ3) is 10.2. The number of thioether (sulfide) groups is 4. The van der Waals surface area contributed by atoms with Gasteiger partial charge < -0.3 is 29.2 Å². The predicted molar refractivity (Wildman–Crippen MR) is 177 cm³/mol. The number of carbonyl (C=O) groups is 2. The Balaban J connectivity index is 1.24. The summed E-state index contributed by atoms with van der Waals surface area (Å²) >= 11 is 6.27. The van der Waals surface area contributed by atoms with E-state index < -0.39 is 11.2 Å². The molecule has 0 saturated carbocycles. The van der Waals surface area contributed by atoms with E-state index in [0.29, 0.717) is 11.5 Å². The second-order valence-electron chi connectivity index (χ2n) is 11.6. The van der Waals surface area contributed by atoms with Gasteiger partial charge in [0.1, 0.15) is 58.3 Å². The van der Waals surface area contributed by atoms with E-state index in [1.807, 2.05) is 48.5 Å². The minimum absolute atomic E-state index is 0.0105. The van der Waals surface area contributed by atoms with E-state index in [4.69, 9.17) is 18.9 Å². The van der Waals surface area contributed by atoms with E-state index in [9.17, 15) is 19.8 Å². The summed E-state index contributed by atoms with van der Waals surface area (Å²) in [5, 5.41) is 21.3. The van der Waals surface area contributed by atoms with Gasteiger partial charge in [-0.15, -0.1) is 47.0 Å². The third-order valence-corrected chi connectivity index (χ3v) is 12.8. The second-order valence-corrected chi connectivity index (χ2v) is 17.1. The van der Waals surface area contributed by atoms with E-state index in [2.05, 4.69) is 13.8 Å². The van der Waals surface area contributed by atoms with E-state index in [-0.39, 0.29) is 52.9 Å². The molecule has 12 heteroatoms. The average molecular weight is 669 g/mol. The Labute approximate surface area is 270 Å². The highest BCUT2D eigenvalue weighted by Crippen LogP contribution is 2.35. The first-order valence-corrected chi connectivity index (χ1v) is 18.3. The Hall–Kier alpha value is -1.70. The monoisotopic (exact) mass is 668 g/mol. The van der Waals surface area contributed by atoms with Crippen LogP contribution >= 0.6 is 47.0 Å². The van der Waals surface area contributed by atoms with Crippen LogP contribution in [0.2, 0.25) is 0 Å². The number of hydrogen-bond acceptors (Lipinski definition) is 12. The average Bonchev–Trinajstić information content (AvgIpc) is 3.73. The molecule has 2 atom stereocenters. The first kappa shape index (κ1) is 34.2. The van der Waals surface area contributed by atoms with Crippen molar-refractivity contribution in [3.8, 4) is 11.5 Å². The van der Waals surface area contributed by atoms with E-state index in [1.54, 1.807) is 60.9 Å². The van der Waals surface area contributed by atoms with Gasteiger partial charge in [0, 0.05) is 28.4 Å². The number of benzene rings is 2. The van der Waals surface area contributed by atoms with Crippen LogP contribution in [-0.2, 0) is 24.5 Å². The molecule has 2 fully saturated rings. The van der Waals surface area contributed by atoms with Crippen LogP contribution < -0.4 is 9.47 Å². The predicted octanol–water partition coefficient (Wildman–Crippen LogP) is 4.97. The molecule has 43 heavy (non-hydrogen) atoms. The summed E-state index contributed by atoms with van der Waals surface area (Å²) in [6.45, 7) is 7.15. The Kier molecular flexibility index (Phi) is 12.0. The molecule has 0 aliphatic carbocycles. The van der Waals surface area contributed by atoms with Gasteiger partial charge in [0.2, 0.25) is 0 Å². The molecule has 0 amide bonds. The highest BCUT2D eigenvalue weighted by Gasteiger charge is 2.31. The van der Waals surface area contributed by atoms with Gasteiger partial charge in [-0.2, -0.15) is 0 Å². The van der Waals surface area contributed by atoms with Crippen molar-refractivity contribution < 1.29 is 38.7 Å². The maximum atomic E-state index is 12.1. The zero-order chi connectivity index (χ0) is 31.1. The summed E-state index contributed by atoms with van der Waals surface area (Å²) in [5.41, 5.74) is -0.787. The van der Waals surface area contributed by atoms with Crippen molar-refractivity contribution in [3.05, 3.63) is 59.7 Å². The fraction of sp³-hybridized carbons (Fsp3) is 0.548. The summed E-state index contributed by atoms with van der Waals surface area (Å²) in [4.78, 5) is 24.3. The van der Waals surface area contributed by atoms with Gasteiger partial charge in [-0.1, -0.05) is 38.1 Å². The molecule has 2 aliphatic rings. The van der Waals surface area contributed by atoms with Crippen LogP contribution in [0.4, 0.5) is 0 Å². The number of rotatable bonds is 14. The van der Waals surface area contributed by atoms with Crippen molar-refractivity contribution in [3.63, 3.8) is 0 Å². The zero-order valence-electron chi connectivity index (χ0n) is 24.9. The third-order valence-electron chi connectivity index (χ3n) is 6.93. The lowest BCUT2D eigenvalue weighted by Gasteiger charge is -2.27. The van der Waals surface area contributed by atoms with Gasteiger partial charge in [-0.25, -0.2) is 9.59 Å². The molecule has 0 spiro atoms. The van der Waals surface area contributed by atoms with Crippen molar-refractivity contribution in [1.29, 1.82) is 0 Å². The zero-order valence-corrected chi connectivity index (χ0v) is 28.2. The fourth-order valence-corrected chi connectivity index (χ4v) is 9.38. The van der Waals surface area contributed by atoms with Crippen LogP contribution in [-0.4, -0.2) is 92.0 Å². The summed E-state index contributed by atoms with van der Waals surface area (Å²) in [5.74, 6) is 4.33. The molecule has 2 saturated heterocycles. The number of aliphatic hydroxyl groups is 2. The number of esters is 2. The molecule has 0 radical (unpaired) electrons. The Morgan fingerprint density at radius 1 is 0.628 bits per heavy atom. The molecular formula is C31H40O8S4. The van der Waals surface area contributed by atoms with Gasteiger partial charge in [-0.05, 0) is 49.2 Å². The van der Waals surface area contributed by atoms with E-state index in [1.165, 1.54) is 0 Å². The molecular weight excluding hydrogens is 629 g/mol. The van der Waals surface area contributed by atoms with Crippen LogP contribution in [0.3, 0.4) is 0 Å². The summed E-state index contributed by atoms with van der Waals surface area (Å²) in [6.07, 6.45) is 0. The Morgan fingerprint density at radius 2 is 0.953 bits per heavy atom. The van der Waals surface area contributed by atoms with E-state index >= 15 is 0 Å². The molecule has 0 bridgehead atoms. The van der Waals surface area contributed by atoms with Crippen LogP contribution in [0.1, 0.15) is 38.8 Å². The molecule has 236 valence electrons. The minimum atomic E-state index is -1.31. The van der Waals surface area contributed by atoms with Crippen LogP contribution in [0.25, 0.3) is 0 Å². The van der Waals surface area contributed by atoms with Crippen LogP contribution in [0.5, 0.6) is 11.5 Å². The molecule has 2 unspecified atom stereocenters. The van der Waals surface area contributed by atoms with E-state index in [0.717, 1.165) is 34.1 Å². The van der Waals surface area contributed by atoms with Gasteiger partial charge in [0.15, 0.2) is 0 Å². The van der Waals surface area contributed by atoms with Crippen molar-refractivity contribution in [1.82, 2.24) is 0 Å². The maximum Gasteiger partial charge on any atom is 0.329 e. The molecule has 2 N–H and O–H groups in total. The minimum Gasteiger partial charge on any atom is -0.490 e. The van der Waals surface area contributed by atoms with Crippen LogP contribution in [0, 0.1) is 0 Å². The number of hydrogen-bond donors (Lipinski definition) is 2. The Morgan fingerprint density at radius 3 is 1.28 bits per heavy atom. The summed E-state index contributed by atoms with van der Waals surface area (Å²) < 4.78 is 21.8. The lowest BCUT2D eigenvalue weighted by molar-refractivity contribution is -0.150. The maximum absolute atomic E-state index is 12.1.